The van der Waals surface area contributed by atoms with Crippen LogP contribution in [0.15, 0.2) is 12.1 Å². The van der Waals surface area contributed by atoms with Crippen molar-refractivity contribution in [1.29, 1.82) is 0 Å². The zero-order chi connectivity index (χ0) is 15.3. The number of amides is 1. The Bertz CT molecular complexity index is 519. The van der Waals surface area contributed by atoms with Crippen LogP contribution in [0.25, 0.3) is 6.08 Å². The second-order valence-electron chi connectivity index (χ2n) is 4.65. The van der Waals surface area contributed by atoms with Crippen molar-refractivity contribution in [2.45, 2.75) is 26.8 Å². The summed E-state index contributed by atoms with van der Waals surface area (Å²) in [6.45, 7) is 5.81. The minimum Gasteiger partial charge on any atom is -0.478 e. The monoisotopic (exact) mass is 297 g/mol. The third-order valence-corrected chi connectivity index (χ3v) is 3.96. The van der Waals surface area contributed by atoms with E-state index in [1.54, 1.807) is 11.0 Å². The van der Waals surface area contributed by atoms with E-state index < -0.39 is 5.97 Å². The van der Waals surface area contributed by atoms with Gasteiger partial charge in [0.1, 0.15) is 0 Å². The minimum atomic E-state index is -1.02. The molecule has 0 aliphatic rings. The molecule has 5 nitrogen and oxygen atoms in total. The Labute approximate surface area is 122 Å². The molecule has 2 N–H and O–H groups in total. The molecule has 1 aromatic heterocycles. The number of thiophene rings is 1. The van der Waals surface area contributed by atoms with Crippen LogP contribution in [0.4, 0.5) is 0 Å². The minimum absolute atomic E-state index is 0.00457. The second kappa shape index (κ2) is 7.21. The van der Waals surface area contributed by atoms with Gasteiger partial charge in [-0.1, -0.05) is 0 Å². The molecule has 0 atom stereocenters. The van der Waals surface area contributed by atoms with Crippen LogP contribution in [0.1, 0.15) is 34.0 Å². The van der Waals surface area contributed by atoms with E-state index in [1.165, 1.54) is 17.4 Å². The van der Waals surface area contributed by atoms with Gasteiger partial charge >= 0.3 is 5.97 Å². The van der Waals surface area contributed by atoms with Crippen LogP contribution in [-0.2, 0) is 4.79 Å². The van der Waals surface area contributed by atoms with E-state index in [0.717, 1.165) is 16.5 Å². The number of aliphatic hydroxyl groups is 1. The summed E-state index contributed by atoms with van der Waals surface area (Å²) in [6, 6.07) is 1.75. The van der Waals surface area contributed by atoms with Crippen molar-refractivity contribution in [2.75, 3.05) is 13.2 Å². The van der Waals surface area contributed by atoms with Gasteiger partial charge in [0.2, 0.25) is 0 Å². The van der Waals surface area contributed by atoms with Crippen LogP contribution in [0, 0.1) is 6.92 Å². The molecule has 0 bridgehead atoms. The van der Waals surface area contributed by atoms with E-state index in [-0.39, 0.29) is 25.1 Å². The van der Waals surface area contributed by atoms with Crippen molar-refractivity contribution < 1.29 is 19.8 Å². The highest BCUT2D eigenvalue weighted by Gasteiger charge is 2.20. The predicted molar refractivity (Wildman–Crippen MR) is 79.0 cm³/mol. The third kappa shape index (κ3) is 4.18. The number of nitrogens with zero attached hydrogens (tertiary/aromatic N) is 1. The average Bonchev–Trinajstić information content (AvgIpc) is 2.73. The fourth-order valence-corrected chi connectivity index (χ4v) is 2.79. The lowest BCUT2D eigenvalue weighted by atomic mass is 10.2. The first-order chi connectivity index (χ1) is 9.36. The Hall–Kier alpha value is -1.66. The first-order valence-electron chi connectivity index (χ1n) is 6.30. The molecule has 0 saturated carbocycles. The van der Waals surface area contributed by atoms with Crippen LogP contribution in [-0.4, -0.2) is 46.2 Å². The smallest absolute Gasteiger partial charge is 0.328 e. The van der Waals surface area contributed by atoms with Crippen LogP contribution in [0.5, 0.6) is 0 Å². The normalized spacial score (nSPS) is 11.2. The van der Waals surface area contributed by atoms with E-state index >= 15 is 0 Å². The van der Waals surface area contributed by atoms with E-state index in [0.29, 0.717) is 4.88 Å². The number of carbonyl (C=O) groups is 2. The van der Waals surface area contributed by atoms with E-state index in [4.69, 9.17) is 10.2 Å². The van der Waals surface area contributed by atoms with Crippen molar-refractivity contribution in [1.82, 2.24) is 4.90 Å². The molecule has 0 fully saturated rings. The number of carbonyl (C=O) groups excluding carboxylic acids is 1. The van der Waals surface area contributed by atoms with Crippen molar-refractivity contribution in [3.8, 4) is 0 Å². The Morgan fingerprint density at radius 1 is 1.45 bits per heavy atom. The van der Waals surface area contributed by atoms with Gasteiger partial charge in [0.15, 0.2) is 0 Å². The molecule has 0 aliphatic heterocycles. The second-order valence-corrected chi connectivity index (χ2v) is 5.73. The molecule has 0 aromatic carbocycles. The number of aliphatic carboxylic acids is 1. The molecule has 0 radical (unpaired) electrons. The Morgan fingerprint density at radius 3 is 2.60 bits per heavy atom. The molecular weight excluding hydrogens is 278 g/mol. The van der Waals surface area contributed by atoms with Crippen LogP contribution in [0.2, 0.25) is 0 Å². The molecule has 0 spiro atoms. The zero-order valence-electron chi connectivity index (χ0n) is 11.8. The highest BCUT2D eigenvalue weighted by molar-refractivity contribution is 7.15. The van der Waals surface area contributed by atoms with E-state index in [9.17, 15) is 9.59 Å². The average molecular weight is 297 g/mol. The summed E-state index contributed by atoms with van der Waals surface area (Å²) < 4.78 is 0. The maximum atomic E-state index is 12.4. The topological polar surface area (TPSA) is 77.8 Å². The number of hydrogen-bond acceptors (Lipinski definition) is 4. The number of carboxylic acids is 1. The summed E-state index contributed by atoms with van der Waals surface area (Å²) in [5.74, 6) is -1.16. The van der Waals surface area contributed by atoms with Crippen LogP contribution < -0.4 is 0 Å². The third-order valence-electron chi connectivity index (χ3n) is 2.77. The SMILES string of the molecule is Cc1cc(C(=O)N(CCO)C(C)C)sc1/C=C/C(=O)O. The maximum absolute atomic E-state index is 12.4. The van der Waals surface area contributed by atoms with Gasteiger partial charge in [-0.3, -0.25) is 4.79 Å². The molecule has 110 valence electrons. The Kier molecular flexibility index (Phi) is 5.91. The lowest BCUT2D eigenvalue weighted by Crippen LogP contribution is -2.38. The largest absolute Gasteiger partial charge is 0.478 e. The van der Waals surface area contributed by atoms with Gasteiger partial charge in [-0.2, -0.15) is 0 Å². The molecule has 1 amide bonds. The molecule has 0 saturated heterocycles. The fourth-order valence-electron chi connectivity index (χ4n) is 1.76. The molecule has 1 aromatic rings. The number of hydrogen-bond donors (Lipinski definition) is 2. The number of aryl methyl sites for hydroxylation is 1. The van der Waals surface area contributed by atoms with Gasteiger partial charge in [-0.25, -0.2) is 4.79 Å². The summed E-state index contributed by atoms with van der Waals surface area (Å²) in [7, 11) is 0. The maximum Gasteiger partial charge on any atom is 0.328 e. The molecule has 0 aliphatic carbocycles. The predicted octanol–water partition coefficient (Wildman–Crippen LogP) is 2.00. The van der Waals surface area contributed by atoms with Gasteiger partial charge in [0.25, 0.3) is 5.91 Å². The summed E-state index contributed by atoms with van der Waals surface area (Å²) in [4.78, 5) is 25.8. The lowest BCUT2D eigenvalue weighted by Gasteiger charge is -2.25. The van der Waals surface area contributed by atoms with E-state index in [2.05, 4.69) is 0 Å². The van der Waals surface area contributed by atoms with Crippen molar-refractivity contribution in [3.63, 3.8) is 0 Å². The highest BCUT2D eigenvalue weighted by Crippen LogP contribution is 2.25. The standard InChI is InChI=1S/C14H19NO4S/c1-9(2)15(6-7-16)14(19)12-8-10(3)11(20-12)4-5-13(17)18/h4-5,8-9,16H,6-7H2,1-3H3,(H,17,18)/b5-4+. The van der Waals surface area contributed by atoms with Crippen LogP contribution >= 0.6 is 11.3 Å². The van der Waals surface area contributed by atoms with Crippen LogP contribution in [0.3, 0.4) is 0 Å². The highest BCUT2D eigenvalue weighted by atomic mass is 32.1. The Morgan fingerprint density at radius 2 is 2.10 bits per heavy atom. The van der Waals surface area contributed by atoms with Gasteiger partial charge in [0, 0.05) is 23.5 Å². The summed E-state index contributed by atoms with van der Waals surface area (Å²) in [5.41, 5.74) is 0.864. The molecule has 1 heterocycles. The molecule has 20 heavy (non-hydrogen) atoms. The first-order valence-corrected chi connectivity index (χ1v) is 7.11. The lowest BCUT2D eigenvalue weighted by molar-refractivity contribution is -0.131. The summed E-state index contributed by atoms with van der Waals surface area (Å²) in [5, 5.41) is 17.6. The first kappa shape index (κ1) is 16.4. The Balaban J connectivity index is 2.99. The van der Waals surface area contributed by atoms with Crippen molar-refractivity contribution in [2.24, 2.45) is 0 Å². The molecular formula is C14H19NO4S. The summed E-state index contributed by atoms with van der Waals surface area (Å²) in [6.07, 6.45) is 2.55. The quantitative estimate of drug-likeness (QED) is 0.787. The number of carboxylic acid groups (broad SMARTS) is 1. The molecule has 6 heteroatoms. The number of rotatable bonds is 6. The van der Waals surface area contributed by atoms with E-state index in [1.807, 2.05) is 20.8 Å². The van der Waals surface area contributed by atoms with Gasteiger partial charge in [0.05, 0.1) is 11.5 Å². The van der Waals surface area contributed by atoms with Gasteiger partial charge < -0.3 is 15.1 Å². The van der Waals surface area contributed by atoms with Crippen molar-refractivity contribution in [3.05, 3.63) is 27.5 Å². The summed E-state index contributed by atoms with van der Waals surface area (Å²) >= 11 is 1.26. The molecule has 0 unspecified atom stereocenters. The zero-order valence-corrected chi connectivity index (χ0v) is 12.6. The number of aliphatic hydroxyl groups excluding tert-OH is 1. The van der Waals surface area contributed by atoms with Gasteiger partial charge in [-0.15, -0.1) is 11.3 Å². The fraction of sp³-hybridized carbons (Fsp3) is 0.429. The van der Waals surface area contributed by atoms with Crippen molar-refractivity contribution >= 4 is 29.3 Å². The molecule has 1 rings (SSSR count). The van der Waals surface area contributed by atoms with Gasteiger partial charge in [-0.05, 0) is 38.5 Å².